The second-order valence-electron chi connectivity index (χ2n) is 5.28. The van der Waals surface area contributed by atoms with Crippen LogP contribution >= 0.6 is 23.1 Å². The van der Waals surface area contributed by atoms with Gasteiger partial charge >= 0.3 is 0 Å². The number of aromatic nitrogens is 3. The first-order chi connectivity index (χ1) is 12.2. The molecule has 2 aromatic heterocycles. The van der Waals surface area contributed by atoms with Crippen molar-refractivity contribution in [2.75, 3.05) is 5.32 Å². The molecule has 0 bridgehead atoms. The lowest BCUT2D eigenvalue weighted by Gasteiger charge is -2.03. The van der Waals surface area contributed by atoms with E-state index >= 15 is 0 Å². The van der Waals surface area contributed by atoms with Gasteiger partial charge in [0.05, 0.1) is 5.52 Å². The Hall–Kier alpha value is -2.83. The third-order valence-electron chi connectivity index (χ3n) is 3.60. The third-order valence-corrected chi connectivity index (χ3v) is 4.44. The van der Waals surface area contributed by atoms with E-state index in [4.69, 9.17) is 11.6 Å². The Kier molecular flexibility index (Phi) is 4.13. The number of nitrogens with zero attached hydrogens (tertiary/aromatic N) is 3. The average molecular weight is 367 g/mol. The SMILES string of the molecule is O=C(Nc1nc(-c2ccccc2)ns1)c1ccc2nc(Cl)ccc2c1. The summed E-state index contributed by atoms with van der Waals surface area (Å²) < 4.78 is 4.28. The topological polar surface area (TPSA) is 67.8 Å². The van der Waals surface area contributed by atoms with Crippen LogP contribution in [-0.4, -0.2) is 20.2 Å². The van der Waals surface area contributed by atoms with Crippen LogP contribution in [0.2, 0.25) is 5.15 Å². The molecule has 0 aliphatic rings. The van der Waals surface area contributed by atoms with Gasteiger partial charge in [-0.2, -0.15) is 9.36 Å². The first kappa shape index (κ1) is 15.7. The fraction of sp³-hybridized carbons (Fsp3) is 0. The van der Waals surface area contributed by atoms with Crippen LogP contribution in [0.4, 0.5) is 5.13 Å². The number of halogens is 1. The molecule has 0 aliphatic carbocycles. The summed E-state index contributed by atoms with van der Waals surface area (Å²) in [5, 5.41) is 4.51. The van der Waals surface area contributed by atoms with E-state index in [2.05, 4.69) is 19.7 Å². The fourth-order valence-electron chi connectivity index (χ4n) is 2.39. The lowest BCUT2D eigenvalue weighted by Crippen LogP contribution is -2.11. The molecule has 0 aliphatic heterocycles. The number of rotatable bonds is 3. The standard InChI is InChI=1S/C18H11ClN4OS/c19-15-9-7-12-10-13(6-8-14(12)20-15)17(24)22-18-21-16(23-25-18)11-4-2-1-3-5-11/h1-10H,(H,21,22,23,24). The first-order valence-corrected chi connectivity index (χ1v) is 8.61. The van der Waals surface area contributed by atoms with Gasteiger partial charge < -0.3 is 0 Å². The lowest BCUT2D eigenvalue weighted by atomic mass is 10.1. The zero-order chi connectivity index (χ0) is 17.2. The van der Waals surface area contributed by atoms with Gasteiger partial charge in [0.15, 0.2) is 5.82 Å². The van der Waals surface area contributed by atoms with Crippen LogP contribution in [0, 0.1) is 0 Å². The van der Waals surface area contributed by atoms with Crippen LogP contribution in [0.25, 0.3) is 22.3 Å². The summed E-state index contributed by atoms with van der Waals surface area (Å²) >= 11 is 7.03. The van der Waals surface area contributed by atoms with Gasteiger partial charge in [-0.1, -0.05) is 41.9 Å². The minimum absolute atomic E-state index is 0.243. The second-order valence-corrected chi connectivity index (χ2v) is 6.42. The number of carbonyl (C=O) groups excluding carboxylic acids is 1. The van der Waals surface area contributed by atoms with E-state index in [1.54, 1.807) is 24.3 Å². The summed E-state index contributed by atoms with van der Waals surface area (Å²) in [7, 11) is 0. The van der Waals surface area contributed by atoms with E-state index in [1.165, 1.54) is 0 Å². The lowest BCUT2D eigenvalue weighted by molar-refractivity contribution is 0.102. The molecule has 5 nitrogen and oxygen atoms in total. The number of pyridine rings is 1. The van der Waals surface area contributed by atoms with Crippen LogP contribution in [0.3, 0.4) is 0 Å². The molecule has 122 valence electrons. The molecule has 0 spiro atoms. The summed E-state index contributed by atoms with van der Waals surface area (Å²) in [6.45, 7) is 0. The number of hydrogen-bond donors (Lipinski definition) is 1. The highest BCUT2D eigenvalue weighted by Gasteiger charge is 2.12. The summed E-state index contributed by atoms with van der Waals surface area (Å²) in [6, 6.07) is 18.4. The van der Waals surface area contributed by atoms with Crippen molar-refractivity contribution >= 4 is 45.1 Å². The van der Waals surface area contributed by atoms with Gasteiger partial charge in [0.1, 0.15) is 5.15 Å². The van der Waals surface area contributed by atoms with Gasteiger partial charge in [0.25, 0.3) is 5.91 Å². The molecule has 25 heavy (non-hydrogen) atoms. The average Bonchev–Trinajstić information content (AvgIpc) is 3.10. The predicted octanol–water partition coefficient (Wildman–Crippen LogP) is 4.66. The summed E-state index contributed by atoms with van der Waals surface area (Å²) in [6.07, 6.45) is 0. The Bertz CT molecular complexity index is 1070. The van der Waals surface area contributed by atoms with Crippen LogP contribution in [0.1, 0.15) is 10.4 Å². The van der Waals surface area contributed by atoms with Gasteiger partial charge in [-0.25, -0.2) is 4.98 Å². The molecule has 0 radical (unpaired) electrons. The number of amides is 1. The number of nitrogens with one attached hydrogen (secondary N) is 1. The molecular weight excluding hydrogens is 356 g/mol. The minimum atomic E-state index is -0.243. The Balaban J connectivity index is 1.56. The molecular formula is C18H11ClN4OS. The molecule has 1 amide bonds. The van der Waals surface area contributed by atoms with Crippen LogP contribution in [-0.2, 0) is 0 Å². The van der Waals surface area contributed by atoms with E-state index < -0.39 is 0 Å². The number of carbonyl (C=O) groups is 1. The Morgan fingerprint density at radius 1 is 1.00 bits per heavy atom. The van der Waals surface area contributed by atoms with Gasteiger partial charge in [-0.15, -0.1) is 0 Å². The number of hydrogen-bond acceptors (Lipinski definition) is 5. The molecule has 0 saturated carbocycles. The Labute approximate surface area is 152 Å². The highest BCUT2D eigenvalue weighted by atomic mass is 35.5. The van der Waals surface area contributed by atoms with Gasteiger partial charge in [-0.05, 0) is 30.3 Å². The summed E-state index contributed by atoms with van der Waals surface area (Å²) in [5.41, 5.74) is 2.17. The zero-order valence-corrected chi connectivity index (χ0v) is 14.4. The van der Waals surface area contributed by atoms with E-state index in [1.807, 2.05) is 36.4 Å². The van der Waals surface area contributed by atoms with Crippen molar-refractivity contribution in [3.63, 3.8) is 0 Å². The smallest absolute Gasteiger partial charge is 0.257 e. The largest absolute Gasteiger partial charge is 0.297 e. The van der Waals surface area contributed by atoms with E-state index in [0.29, 0.717) is 21.7 Å². The van der Waals surface area contributed by atoms with Crippen molar-refractivity contribution in [2.45, 2.75) is 0 Å². The highest BCUT2D eigenvalue weighted by molar-refractivity contribution is 7.10. The number of anilines is 1. The van der Waals surface area contributed by atoms with E-state index in [-0.39, 0.29) is 5.91 Å². The van der Waals surface area contributed by atoms with Gasteiger partial charge in [0, 0.05) is 28.0 Å². The molecule has 2 heterocycles. The number of fused-ring (bicyclic) bond motifs is 1. The summed E-state index contributed by atoms with van der Waals surface area (Å²) in [4.78, 5) is 21.0. The monoisotopic (exact) mass is 366 g/mol. The van der Waals surface area contributed by atoms with E-state index in [9.17, 15) is 4.79 Å². The van der Waals surface area contributed by atoms with Crippen molar-refractivity contribution < 1.29 is 4.79 Å². The zero-order valence-electron chi connectivity index (χ0n) is 12.8. The Morgan fingerprint density at radius 2 is 1.84 bits per heavy atom. The van der Waals surface area contributed by atoms with Gasteiger partial charge in [-0.3, -0.25) is 10.1 Å². The number of benzene rings is 2. The minimum Gasteiger partial charge on any atom is -0.297 e. The van der Waals surface area contributed by atoms with Crippen molar-refractivity contribution in [1.82, 2.24) is 14.3 Å². The molecule has 4 rings (SSSR count). The molecule has 0 unspecified atom stereocenters. The quantitative estimate of drug-likeness (QED) is 0.535. The maximum Gasteiger partial charge on any atom is 0.257 e. The predicted molar refractivity (Wildman–Crippen MR) is 100 cm³/mol. The fourth-order valence-corrected chi connectivity index (χ4v) is 3.13. The molecule has 2 aromatic carbocycles. The maximum absolute atomic E-state index is 12.5. The molecule has 1 N–H and O–H groups in total. The first-order valence-electron chi connectivity index (χ1n) is 7.46. The molecule has 0 saturated heterocycles. The van der Waals surface area contributed by atoms with Crippen molar-refractivity contribution in [3.05, 3.63) is 71.4 Å². The summed E-state index contributed by atoms with van der Waals surface area (Å²) in [5.74, 6) is 0.353. The van der Waals surface area contributed by atoms with Crippen molar-refractivity contribution in [2.24, 2.45) is 0 Å². The normalized spacial score (nSPS) is 10.8. The van der Waals surface area contributed by atoms with Crippen LogP contribution < -0.4 is 5.32 Å². The van der Waals surface area contributed by atoms with Crippen LogP contribution in [0.5, 0.6) is 0 Å². The van der Waals surface area contributed by atoms with E-state index in [0.717, 1.165) is 28.0 Å². The highest BCUT2D eigenvalue weighted by Crippen LogP contribution is 2.22. The third kappa shape index (κ3) is 3.35. The van der Waals surface area contributed by atoms with Crippen LogP contribution in [0.15, 0.2) is 60.7 Å². The maximum atomic E-state index is 12.5. The van der Waals surface area contributed by atoms with Crippen molar-refractivity contribution in [1.29, 1.82) is 0 Å². The molecule has 0 fully saturated rings. The Morgan fingerprint density at radius 3 is 2.68 bits per heavy atom. The van der Waals surface area contributed by atoms with Gasteiger partial charge in [0.2, 0.25) is 5.13 Å². The molecule has 7 heteroatoms. The van der Waals surface area contributed by atoms with Crippen molar-refractivity contribution in [3.8, 4) is 11.4 Å². The second kappa shape index (κ2) is 6.58. The molecule has 0 atom stereocenters. The molecule has 4 aromatic rings.